The zero-order chi connectivity index (χ0) is 14.9. The van der Waals surface area contributed by atoms with Gasteiger partial charge in [0.05, 0.1) is 5.75 Å². The minimum Gasteiger partial charge on any atom is -0.398 e. The van der Waals surface area contributed by atoms with Crippen LogP contribution in [0.2, 0.25) is 0 Å². The van der Waals surface area contributed by atoms with Gasteiger partial charge in [-0.3, -0.25) is 0 Å². The molecule has 0 atom stereocenters. The van der Waals surface area contributed by atoms with Crippen LogP contribution >= 0.6 is 0 Å². The second-order valence-electron chi connectivity index (χ2n) is 5.31. The van der Waals surface area contributed by atoms with Gasteiger partial charge in [-0.05, 0) is 29.2 Å². The molecule has 4 nitrogen and oxygen atoms in total. The number of benzene rings is 2. The van der Waals surface area contributed by atoms with Crippen molar-refractivity contribution in [3.8, 4) is 0 Å². The van der Waals surface area contributed by atoms with Crippen LogP contribution in [-0.4, -0.2) is 19.3 Å². The van der Waals surface area contributed by atoms with Crippen LogP contribution in [0.3, 0.4) is 0 Å². The van der Waals surface area contributed by atoms with Crippen LogP contribution in [0.15, 0.2) is 48.5 Å². The van der Waals surface area contributed by atoms with Crippen LogP contribution in [0.25, 0.3) is 0 Å². The molecule has 0 saturated heterocycles. The van der Waals surface area contributed by atoms with Gasteiger partial charge in [0, 0.05) is 18.8 Å². The minimum atomic E-state index is -3.32. The summed E-state index contributed by atoms with van der Waals surface area (Å²) in [5, 5.41) is 0. The fourth-order valence-electron chi connectivity index (χ4n) is 2.70. The number of hydrogen-bond donors (Lipinski definition) is 1. The van der Waals surface area contributed by atoms with E-state index in [1.54, 1.807) is 4.31 Å². The Balaban J connectivity index is 1.83. The second-order valence-corrected chi connectivity index (χ2v) is 7.28. The third-order valence-corrected chi connectivity index (χ3v) is 5.66. The van der Waals surface area contributed by atoms with E-state index in [-0.39, 0.29) is 5.75 Å². The fourth-order valence-corrected chi connectivity index (χ4v) is 4.19. The van der Waals surface area contributed by atoms with Gasteiger partial charge in [0.1, 0.15) is 0 Å². The molecule has 0 fully saturated rings. The van der Waals surface area contributed by atoms with Gasteiger partial charge in [0.2, 0.25) is 10.0 Å². The van der Waals surface area contributed by atoms with Crippen molar-refractivity contribution in [3.63, 3.8) is 0 Å². The third kappa shape index (κ3) is 2.94. The van der Waals surface area contributed by atoms with Gasteiger partial charge in [-0.1, -0.05) is 42.5 Å². The van der Waals surface area contributed by atoms with E-state index in [0.717, 1.165) is 16.7 Å². The molecule has 3 rings (SSSR count). The first kappa shape index (κ1) is 14.1. The van der Waals surface area contributed by atoms with Crippen LogP contribution in [0.1, 0.15) is 16.7 Å². The van der Waals surface area contributed by atoms with Crippen molar-refractivity contribution >= 4 is 15.7 Å². The van der Waals surface area contributed by atoms with Crippen molar-refractivity contribution in [1.82, 2.24) is 4.31 Å². The van der Waals surface area contributed by atoms with Crippen LogP contribution in [0, 0.1) is 0 Å². The summed E-state index contributed by atoms with van der Waals surface area (Å²) >= 11 is 0. The zero-order valence-corrected chi connectivity index (χ0v) is 12.5. The van der Waals surface area contributed by atoms with E-state index < -0.39 is 10.0 Å². The Kier molecular flexibility index (Phi) is 3.69. The molecule has 1 heterocycles. The third-order valence-electron chi connectivity index (χ3n) is 3.86. The summed E-state index contributed by atoms with van der Waals surface area (Å²) in [6, 6.07) is 15.0. The van der Waals surface area contributed by atoms with Crippen molar-refractivity contribution in [2.45, 2.75) is 18.7 Å². The molecule has 1 aliphatic rings. The second kappa shape index (κ2) is 5.50. The van der Waals surface area contributed by atoms with Crippen molar-refractivity contribution < 1.29 is 8.42 Å². The van der Waals surface area contributed by atoms with E-state index in [4.69, 9.17) is 5.73 Å². The molecule has 0 radical (unpaired) electrons. The molecule has 1 aliphatic heterocycles. The summed E-state index contributed by atoms with van der Waals surface area (Å²) in [4.78, 5) is 0. The highest BCUT2D eigenvalue weighted by Gasteiger charge is 2.27. The molecule has 0 bridgehead atoms. The lowest BCUT2D eigenvalue weighted by Crippen LogP contribution is -2.37. The Labute approximate surface area is 125 Å². The van der Waals surface area contributed by atoms with E-state index in [1.165, 1.54) is 0 Å². The molecule has 0 aromatic heterocycles. The first-order valence-corrected chi connectivity index (χ1v) is 8.55. The molecule has 2 N–H and O–H groups in total. The summed E-state index contributed by atoms with van der Waals surface area (Å²) in [5.41, 5.74) is 9.56. The lowest BCUT2D eigenvalue weighted by atomic mass is 10.00. The Morgan fingerprint density at radius 1 is 1.05 bits per heavy atom. The van der Waals surface area contributed by atoms with Crippen molar-refractivity contribution in [2.24, 2.45) is 0 Å². The van der Waals surface area contributed by atoms with Crippen LogP contribution in [0.5, 0.6) is 0 Å². The Hall–Kier alpha value is -1.85. The van der Waals surface area contributed by atoms with Gasteiger partial charge in [0.15, 0.2) is 0 Å². The van der Waals surface area contributed by atoms with Gasteiger partial charge in [-0.25, -0.2) is 8.42 Å². The summed E-state index contributed by atoms with van der Waals surface area (Å²) in [6.07, 6.45) is 0.717. The van der Waals surface area contributed by atoms with E-state index in [9.17, 15) is 8.42 Å². The largest absolute Gasteiger partial charge is 0.398 e. The van der Waals surface area contributed by atoms with Gasteiger partial charge < -0.3 is 5.73 Å². The topological polar surface area (TPSA) is 63.4 Å². The normalized spacial score (nSPS) is 15.6. The average Bonchev–Trinajstić information content (AvgIpc) is 2.48. The Morgan fingerprint density at radius 3 is 2.57 bits per heavy atom. The first-order valence-electron chi connectivity index (χ1n) is 6.94. The predicted molar refractivity (Wildman–Crippen MR) is 84.0 cm³/mol. The lowest BCUT2D eigenvalue weighted by molar-refractivity contribution is 0.391. The molecule has 0 unspecified atom stereocenters. The van der Waals surface area contributed by atoms with Gasteiger partial charge >= 0.3 is 0 Å². The molecule has 2 aromatic rings. The molecular formula is C16H18N2O2S. The number of hydrogen-bond acceptors (Lipinski definition) is 3. The molecule has 21 heavy (non-hydrogen) atoms. The number of nitrogens with two attached hydrogens (primary N) is 1. The number of sulfonamides is 1. The van der Waals surface area contributed by atoms with E-state index in [1.807, 2.05) is 48.5 Å². The maximum absolute atomic E-state index is 12.6. The first-order chi connectivity index (χ1) is 10.1. The Bertz CT molecular complexity index is 742. The van der Waals surface area contributed by atoms with Crippen LogP contribution in [-0.2, 0) is 28.7 Å². The molecule has 5 heteroatoms. The predicted octanol–water partition coefficient (Wildman–Crippen LogP) is 2.16. The van der Waals surface area contributed by atoms with Crippen LogP contribution < -0.4 is 5.73 Å². The van der Waals surface area contributed by atoms with Gasteiger partial charge in [-0.15, -0.1) is 0 Å². The van der Waals surface area contributed by atoms with Crippen LogP contribution in [0.4, 0.5) is 5.69 Å². The minimum absolute atomic E-state index is 0.0376. The molecule has 0 saturated carbocycles. The molecule has 2 aromatic carbocycles. The van der Waals surface area contributed by atoms with Crippen molar-refractivity contribution in [2.75, 3.05) is 12.3 Å². The standard InChI is InChI=1S/C16H18N2O2S/c17-16-8-4-7-14-9-10-18(11-15(14)16)21(19,20)12-13-5-2-1-3-6-13/h1-8H,9-12,17H2. The highest BCUT2D eigenvalue weighted by molar-refractivity contribution is 7.88. The fraction of sp³-hybridized carbons (Fsp3) is 0.250. The number of nitrogen functional groups attached to an aromatic ring is 1. The number of rotatable bonds is 3. The molecule has 0 spiro atoms. The summed E-state index contributed by atoms with van der Waals surface area (Å²) in [5.74, 6) is 0.0376. The molecule has 0 amide bonds. The number of fused-ring (bicyclic) bond motifs is 1. The van der Waals surface area contributed by atoms with E-state index >= 15 is 0 Å². The van der Waals surface area contributed by atoms with Gasteiger partial charge in [0.25, 0.3) is 0 Å². The molecule has 0 aliphatic carbocycles. The average molecular weight is 302 g/mol. The number of anilines is 1. The van der Waals surface area contributed by atoms with Crippen molar-refractivity contribution in [1.29, 1.82) is 0 Å². The highest BCUT2D eigenvalue weighted by atomic mass is 32.2. The Morgan fingerprint density at radius 2 is 1.81 bits per heavy atom. The lowest BCUT2D eigenvalue weighted by Gasteiger charge is -2.29. The number of nitrogens with zero attached hydrogens (tertiary/aromatic N) is 1. The molecule has 110 valence electrons. The highest BCUT2D eigenvalue weighted by Crippen LogP contribution is 2.26. The zero-order valence-electron chi connectivity index (χ0n) is 11.7. The quantitative estimate of drug-likeness (QED) is 0.884. The maximum atomic E-state index is 12.6. The summed E-state index contributed by atoms with van der Waals surface area (Å²) in [6.45, 7) is 0.892. The van der Waals surface area contributed by atoms with E-state index in [0.29, 0.717) is 25.2 Å². The molecular weight excluding hydrogens is 284 g/mol. The SMILES string of the molecule is Nc1cccc2c1CN(S(=O)(=O)Cc1ccccc1)CC2. The monoisotopic (exact) mass is 302 g/mol. The summed E-state index contributed by atoms with van der Waals surface area (Å²) < 4.78 is 26.7. The van der Waals surface area contributed by atoms with Crippen molar-refractivity contribution in [3.05, 3.63) is 65.2 Å². The maximum Gasteiger partial charge on any atom is 0.218 e. The summed E-state index contributed by atoms with van der Waals surface area (Å²) in [7, 11) is -3.32. The van der Waals surface area contributed by atoms with E-state index in [2.05, 4.69) is 0 Å². The van der Waals surface area contributed by atoms with Gasteiger partial charge in [-0.2, -0.15) is 4.31 Å². The smallest absolute Gasteiger partial charge is 0.218 e.